The molecule has 2 rings (SSSR count). The van der Waals surface area contributed by atoms with Gasteiger partial charge in [-0.15, -0.1) is 0 Å². The normalized spacial score (nSPS) is 11.1. The number of hydrogen-bond acceptors (Lipinski definition) is 3. The second-order valence-electron chi connectivity index (χ2n) is 5.56. The van der Waals surface area contributed by atoms with Gasteiger partial charge in [0.1, 0.15) is 0 Å². The first kappa shape index (κ1) is 18.7. The van der Waals surface area contributed by atoms with Crippen LogP contribution in [0, 0.1) is 6.92 Å². The Morgan fingerprint density at radius 1 is 1.00 bits per heavy atom. The Bertz CT molecular complexity index is 789. The highest BCUT2D eigenvalue weighted by Crippen LogP contribution is 2.23. The van der Waals surface area contributed by atoms with Crippen molar-refractivity contribution in [2.24, 2.45) is 5.10 Å². The van der Waals surface area contributed by atoms with Crippen LogP contribution < -0.4 is 10.7 Å². The third-order valence-corrected chi connectivity index (χ3v) is 4.07. The number of amides is 2. The summed E-state index contributed by atoms with van der Waals surface area (Å²) >= 11 is 6.02. The van der Waals surface area contributed by atoms with Crippen molar-refractivity contribution >= 4 is 34.8 Å². The lowest BCUT2D eigenvalue weighted by Gasteiger charge is -2.09. The number of rotatable bonds is 6. The minimum absolute atomic E-state index is 0.0526. The standard InChI is InChI=1S/C19H20ClN3O2/c1-13-16(20)9-6-10-17(13)21-18(24)11-12-19(25)23-22-14(2)15-7-4-3-5-8-15/h3-10H,11-12H2,1-2H3,(H,21,24)(H,23,25)/b22-14-. The number of hydrazone groups is 1. The zero-order chi connectivity index (χ0) is 18.2. The van der Waals surface area contributed by atoms with E-state index in [1.165, 1.54) is 0 Å². The van der Waals surface area contributed by atoms with Crippen LogP contribution in [0.3, 0.4) is 0 Å². The van der Waals surface area contributed by atoms with Crippen molar-refractivity contribution in [1.82, 2.24) is 5.43 Å². The van der Waals surface area contributed by atoms with Gasteiger partial charge in [-0.3, -0.25) is 9.59 Å². The maximum absolute atomic E-state index is 12.0. The summed E-state index contributed by atoms with van der Waals surface area (Å²) in [4.78, 5) is 23.8. The summed E-state index contributed by atoms with van der Waals surface area (Å²) in [5.41, 5.74) is 5.54. The third kappa shape index (κ3) is 5.72. The average molecular weight is 358 g/mol. The van der Waals surface area contributed by atoms with Crippen molar-refractivity contribution in [2.75, 3.05) is 5.32 Å². The molecule has 2 aromatic rings. The first-order chi connectivity index (χ1) is 12.0. The second-order valence-corrected chi connectivity index (χ2v) is 5.97. The van der Waals surface area contributed by atoms with Crippen molar-refractivity contribution in [1.29, 1.82) is 0 Å². The molecule has 2 N–H and O–H groups in total. The molecule has 130 valence electrons. The number of nitrogens with zero attached hydrogens (tertiary/aromatic N) is 1. The van der Waals surface area contributed by atoms with Crippen molar-refractivity contribution in [2.45, 2.75) is 26.7 Å². The van der Waals surface area contributed by atoms with Gasteiger partial charge in [-0.1, -0.05) is 48.0 Å². The van der Waals surface area contributed by atoms with Gasteiger partial charge in [0.15, 0.2) is 0 Å². The highest BCUT2D eigenvalue weighted by molar-refractivity contribution is 6.31. The van der Waals surface area contributed by atoms with Gasteiger partial charge in [0.05, 0.1) is 5.71 Å². The number of anilines is 1. The fourth-order valence-corrected chi connectivity index (χ4v) is 2.30. The van der Waals surface area contributed by atoms with Crippen LogP contribution in [0.2, 0.25) is 5.02 Å². The average Bonchev–Trinajstić information content (AvgIpc) is 2.62. The van der Waals surface area contributed by atoms with E-state index in [2.05, 4.69) is 15.8 Å². The van der Waals surface area contributed by atoms with E-state index in [1.807, 2.05) is 44.2 Å². The Hall–Kier alpha value is -2.66. The minimum Gasteiger partial charge on any atom is -0.326 e. The van der Waals surface area contributed by atoms with E-state index < -0.39 is 0 Å². The fraction of sp³-hybridized carbons (Fsp3) is 0.211. The summed E-state index contributed by atoms with van der Waals surface area (Å²) in [6.45, 7) is 3.63. The Morgan fingerprint density at radius 2 is 1.68 bits per heavy atom. The summed E-state index contributed by atoms with van der Waals surface area (Å²) in [6.07, 6.45) is 0.120. The highest BCUT2D eigenvalue weighted by Gasteiger charge is 2.09. The number of halogens is 1. The zero-order valence-corrected chi connectivity index (χ0v) is 14.9. The van der Waals surface area contributed by atoms with Crippen molar-refractivity contribution < 1.29 is 9.59 Å². The first-order valence-electron chi connectivity index (χ1n) is 7.91. The molecule has 0 aliphatic rings. The lowest BCUT2D eigenvalue weighted by atomic mass is 10.1. The molecule has 0 saturated carbocycles. The molecule has 2 amide bonds. The lowest BCUT2D eigenvalue weighted by Crippen LogP contribution is -2.22. The van der Waals surface area contributed by atoms with Crippen LogP contribution >= 0.6 is 11.6 Å². The van der Waals surface area contributed by atoms with Crippen LogP contribution in [0.1, 0.15) is 30.9 Å². The number of carbonyl (C=O) groups is 2. The van der Waals surface area contributed by atoms with Gasteiger partial charge in [-0.05, 0) is 37.1 Å². The van der Waals surface area contributed by atoms with Gasteiger partial charge in [0.2, 0.25) is 11.8 Å². The molecule has 0 fully saturated rings. The van der Waals surface area contributed by atoms with Crippen LogP contribution in [-0.4, -0.2) is 17.5 Å². The predicted molar refractivity (Wildman–Crippen MR) is 101 cm³/mol. The topological polar surface area (TPSA) is 70.6 Å². The Morgan fingerprint density at radius 3 is 2.40 bits per heavy atom. The largest absolute Gasteiger partial charge is 0.326 e. The lowest BCUT2D eigenvalue weighted by molar-refractivity contribution is -0.124. The van der Waals surface area contributed by atoms with Crippen LogP contribution in [-0.2, 0) is 9.59 Å². The molecule has 0 spiro atoms. The fourth-order valence-electron chi connectivity index (χ4n) is 2.13. The summed E-state index contributed by atoms with van der Waals surface area (Å²) in [6, 6.07) is 14.8. The van der Waals surface area contributed by atoms with Crippen molar-refractivity contribution in [3.05, 3.63) is 64.7 Å². The van der Waals surface area contributed by atoms with Crippen LogP contribution in [0.5, 0.6) is 0 Å². The first-order valence-corrected chi connectivity index (χ1v) is 8.28. The van der Waals surface area contributed by atoms with Crippen LogP contribution in [0.25, 0.3) is 0 Å². The van der Waals surface area contributed by atoms with E-state index in [-0.39, 0.29) is 24.7 Å². The summed E-state index contributed by atoms with van der Waals surface area (Å²) in [7, 11) is 0. The second kappa shape index (κ2) is 8.99. The molecule has 0 bridgehead atoms. The molecule has 5 nitrogen and oxygen atoms in total. The smallest absolute Gasteiger partial charge is 0.240 e. The van der Waals surface area contributed by atoms with E-state index in [0.717, 1.165) is 11.1 Å². The summed E-state index contributed by atoms with van der Waals surface area (Å²) in [5.74, 6) is -0.558. The molecule has 2 aromatic carbocycles. The number of hydrogen-bond donors (Lipinski definition) is 2. The molecule has 25 heavy (non-hydrogen) atoms. The SMILES string of the molecule is C/C(=N/NC(=O)CCC(=O)Nc1cccc(Cl)c1C)c1ccccc1. The maximum atomic E-state index is 12.0. The molecule has 0 aromatic heterocycles. The van der Waals surface area contributed by atoms with Crippen LogP contribution in [0.15, 0.2) is 53.6 Å². The maximum Gasteiger partial charge on any atom is 0.240 e. The van der Waals surface area contributed by atoms with Gasteiger partial charge < -0.3 is 5.32 Å². The molecule has 0 atom stereocenters. The third-order valence-electron chi connectivity index (χ3n) is 3.66. The van der Waals surface area contributed by atoms with Gasteiger partial charge >= 0.3 is 0 Å². The highest BCUT2D eigenvalue weighted by atomic mass is 35.5. The van der Waals surface area contributed by atoms with E-state index >= 15 is 0 Å². The van der Waals surface area contributed by atoms with E-state index in [9.17, 15) is 9.59 Å². The van der Waals surface area contributed by atoms with Gasteiger partial charge in [0, 0.05) is 23.6 Å². The molecule has 6 heteroatoms. The van der Waals surface area contributed by atoms with Gasteiger partial charge in [-0.2, -0.15) is 5.10 Å². The molecular formula is C19H20ClN3O2. The van der Waals surface area contributed by atoms with E-state index in [4.69, 9.17) is 11.6 Å². The number of nitrogens with one attached hydrogen (secondary N) is 2. The number of benzene rings is 2. The van der Waals surface area contributed by atoms with Gasteiger partial charge in [0.25, 0.3) is 0 Å². The Balaban J connectivity index is 1.81. The molecular weight excluding hydrogens is 338 g/mol. The van der Waals surface area contributed by atoms with Crippen LogP contribution in [0.4, 0.5) is 5.69 Å². The summed E-state index contributed by atoms with van der Waals surface area (Å²) < 4.78 is 0. The Kier molecular flexibility index (Phi) is 6.71. The van der Waals surface area contributed by atoms with Crippen molar-refractivity contribution in [3.63, 3.8) is 0 Å². The molecule has 0 radical (unpaired) electrons. The molecule has 0 aliphatic carbocycles. The zero-order valence-electron chi connectivity index (χ0n) is 14.2. The van der Waals surface area contributed by atoms with Crippen molar-refractivity contribution in [3.8, 4) is 0 Å². The molecule has 0 heterocycles. The molecule has 0 saturated heterocycles. The quantitative estimate of drug-likeness (QED) is 0.607. The van der Waals surface area contributed by atoms with E-state index in [1.54, 1.807) is 18.2 Å². The van der Waals surface area contributed by atoms with Gasteiger partial charge in [-0.25, -0.2) is 5.43 Å². The number of carbonyl (C=O) groups excluding carboxylic acids is 2. The monoisotopic (exact) mass is 357 g/mol. The predicted octanol–water partition coefficient (Wildman–Crippen LogP) is 3.91. The Labute approximate surface area is 152 Å². The molecule has 0 unspecified atom stereocenters. The summed E-state index contributed by atoms with van der Waals surface area (Å²) in [5, 5.41) is 7.39. The van der Waals surface area contributed by atoms with E-state index in [0.29, 0.717) is 16.4 Å². The minimum atomic E-state index is -0.312. The molecule has 0 aliphatic heterocycles.